The van der Waals surface area contributed by atoms with Gasteiger partial charge in [-0.15, -0.1) is 11.3 Å². The third-order valence-corrected chi connectivity index (χ3v) is 5.49. The average molecular weight is 397 g/mol. The zero-order valence-corrected chi connectivity index (χ0v) is 17.6. The number of nitrogens with zero attached hydrogens (tertiary/aromatic N) is 4. The molecule has 0 aliphatic heterocycles. The fraction of sp³-hybridized carbons (Fsp3) is 0.381. The minimum Gasteiger partial charge on any atom is -0.357 e. The molecule has 2 N–H and O–H groups in total. The van der Waals surface area contributed by atoms with Crippen molar-refractivity contribution in [3.05, 3.63) is 69.7 Å². The Hall–Kier alpha value is -2.67. The van der Waals surface area contributed by atoms with E-state index in [1.807, 2.05) is 25.4 Å². The summed E-state index contributed by atoms with van der Waals surface area (Å²) in [6, 6.07) is 10.5. The molecule has 3 aromatic rings. The predicted molar refractivity (Wildman–Crippen MR) is 116 cm³/mol. The van der Waals surface area contributed by atoms with Crippen LogP contribution in [-0.4, -0.2) is 33.6 Å². The molecule has 2 aromatic heterocycles. The van der Waals surface area contributed by atoms with Crippen LogP contribution in [0.4, 0.5) is 0 Å². The second-order valence-electron chi connectivity index (χ2n) is 6.58. The van der Waals surface area contributed by atoms with Crippen molar-refractivity contribution in [3.8, 4) is 0 Å². The van der Waals surface area contributed by atoms with Crippen LogP contribution in [0.1, 0.15) is 33.9 Å². The fourth-order valence-corrected chi connectivity index (χ4v) is 3.74. The second-order valence-corrected chi connectivity index (χ2v) is 7.87. The maximum atomic E-state index is 4.66. The molecule has 0 atom stereocenters. The van der Waals surface area contributed by atoms with Gasteiger partial charge in [-0.1, -0.05) is 30.3 Å². The number of thiazole rings is 1. The van der Waals surface area contributed by atoms with E-state index in [0.29, 0.717) is 6.54 Å². The van der Waals surface area contributed by atoms with Gasteiger partial charge in [0.2, 0.25) is 0 Å². The van der Waals surface area contributed by atoms with Gasteiger partial charge in [-0.05, 0) is 26.3 Å². The Labute approximate surface area is 170 Å². The van der Waals surface area contributed by atoms with Crippen LogP contribution in [0.15, 0.2) is 47.7 Å². The molecule has 2 heterocycles. The maximum absolute atomic E-state index is 4.66. The average Bonchev–Trinajstić information content (AvgIpc) is 3.26. The van der Waals surface area contributed by atoms with Crippen molar-refractivity contribution < 1.29 is 0 Å². The van der Waals surface area contributed by atoms with Crippen LogP contribution < -0.4 is 10.6 Å². The highest BCUT2D eigenvalue weighted by Gasteiger charge is 2.06. The number of rotatable bonds is 8. The maximum Gasteiger partial charge on any atom is 0.191 e. The molecule has 1 aromatic carbocycles. The van der Waals surface area contributed by atoms with Gasteiger partial charge in [0.25, 0.3) is 0 Å². The van der Waals surface area contributed by atoms with Crippen molar-refractivity contribution in [1.29, 1.82) is 0 Å². The van der Waals surface area contributed by atoms with E-state index in [2.05, 4.69) is 68.3 Å². The summed E-state index contributed by atoms with van der Waals surface area (Å²) in [6.07, 6.45) is 4.74. The lowest BCUT2D eigenvalue weighted by Gasteiger charge is -2.12. The summed E-state index contributed by atoms with van der Waals surface area (Å²) in [5.41, 5.74) is 2.37. The molecule has 7 heteroatoms. The Morgan fingerprint density at radius 3 is 2.71 bits per heavy atom. The van der Waals surface area contributed by atoms with Gasteiger partial charge in [0.05, 0.1) is 12.2 Å². The molecule has 0 saturated carbocycles. The van der Waals surface area contributed by atoms with Gasteiger partial charge >= 0.3 is 0 Å². The van der Waals surface area contributed by atoms with Gasteiger partial charge in [-0.3, -0.25) is 0 Å². The first-order valence-corrected chi connectivity index (χ1v) is 10.5. The first-order valence-electron chi connectivity index (χ1n) is 9.64. The van der Waals surface area contributed by atoms with E-state index in [9.17, 15) is 0 Å². The zero-order valence-electron chi connectivity index (χ0n) is 16.8. The summed E-state index contributed by atoms with van der Waals surface area (Å²) in [5, 5.41) is 7.75. The summed E-state index contributed by atoms with van der Waals surface area (Å²) in [5.74, 6) is 1.88. The molecule has 148 valence electrons. The topological polar surface area (TPSA) is 67.1 Å². The number of guanidine groups is 1. The molecule has 0 aliphatic rings. The summed E-state index contributed by atoms with van der Waals surface area (Å²) in [6.45, 7) is 9.24. The highest BCUT2D eigenvalue weighted by atomic mass is 32.1. The van der Waals surface area contributed by atoms with Crippen molar-refractivity contribution in [2.24, 2.45) is 4.99 Å². The van der Waals surface area contributed by atoms with E-state index in [4.69, 9.17) is 0 Å². The van der Waals surface area contributed by atoms with E-state index < -0.39 is 0 Å². The lowest BCUT2D eigenvalue weighted by molar-refractivity contribution is 0.694. The van der Waals surface area contributed by atoms with Gasteiger partial charge in [-0.25, -0.2) is 15.0 Å². The van der Waals surface area contributed by atoms with E-state index in [1.54, 1.807) is 11.3 Å². The SMILES string of the molecule is CCNC(=NCc1nc(C)c(C)s1)NCCc1nccn1Cc1ccccc1. The molecule has 28 heavy (non-hydrogen) atoms. The molecule has 0 radical (unpaired) electrons. The van der Waals surface area contributed by atoms with Crippen LogP contribution in [-0.2, 0) is 19.5 Å². The van der Waals surface area contributed by atoms with Crippen molar-refractivity contribution in [1.82, 2.24) is 25.2 Å². The monoisotopic (exact) mass is 396 g/mol. The van der Waals surface area contributed by atoms with Crippen LogP contribution in [0.2, 0.25) is 0 Å². The normalized spacial score (nSPS) is 11.6. The van der Waals surface area contributed by atoms with E-state index >= 15 is 0 Å². The molecular formula is C21H28N6S. The van der Waals surface area contributed by atoms with Crippen molar-refractivity contribution in [2.75, 3.05) is 13.1 Å². The zero-order chi connectivity index (χ0) is 19.8. The minimum atomic E-state index is 0.595. The third kappa shape index (κ3) is 5.66. The van der Waals surface area contributed by atoms with Gasteiger partial charge in [-0.2, -0.15) is 0 Å². The first-order chi connectivity index (χ1) is 13.7. The first kappa shape index (κ1) is 20.1. The van der Waals surface area contributed by atoms with Crippen LogP contribution in [0.5, 0.6) is 0 Å². The number of aliphatic imine (C=N–C) groups is 1. The quantitative estimate of drug-likeness (QED) is 0.453. The van der Waals surface area contributed by atoms with Crippen LogP contribution in [0.3, 0.4) is 0 Å². The molecular weight excluding hydrogens is 368 g/mol. The Morgan fingerprint density at radius 1 is 1.18 bits per heavy atom. The smallest absolute Gasteiger partial charge is 0.191 e. The Bertz CT molecular complexity index is 877. The third-order valence-electron chi connectivity index (χ3n) is 4.43. The van der Waals surface area contributed by atoms with Crippen molar-refractivity contribution >= 4 is 17.3 Å². The van der Waals surface area contributed by atoms with Gasteiger partial charge in [0, 0.05) is 43.3 Å². The summed E-state index contributed by atoms with van der Waals surface area (Å²) < 4.78 is 2.20. The molecule has 3 rings (SSSR count). The van der Waals surface area contributed by atoms with Crippen molar-refractivity contribution in [2.45, 2.75) is 40.3 Å². The molecule has 6 nitrogen and oxygen atoms in total. The molecule has 0 bridgehead atoms. The Balaban J connectivity index is 1.55. The number of aryl methyl sites for hydroxylation is 2. The molecule has 0 aliphatic carbocycles. The molecule has 0 fully saturated rings. The van der Waals surface area contributed by atoms with Gasteiger partial charge in [0.15, 0.2) is 5.96 Å². The summed E-state index contributed by atoms with van der Waals surface area (Å²) in [4.78, 5) is 15.0. The highest BCUT2D eigenvalue weighted by Crippen LogP contribution is 2.16. The number of imidazole rings is 1. The number of aromatic nitrogens is 3. The number of nitrogens with one attached hydrogen (secondary N) is 2. The number of hydrogen-bond donors (Lipinski definition) is 2. The van der Waals surface area contributed by atoms with Gasteiger partial charge in [0.1, 0.15) is 10.8 Å². The lowest BCUT2D eigenvalue weighted by atomic mass is 10.2. The van der Waals surface area contributed by atoms with Crippen LogP contribution in [0, 0.1) is 13.8 Å². The standard InChI is InChI=1S/C21H28N6S/c1-4-22-21(25-14-20-26-16(2)17(3)28-20)24-11-10-19-23-12-13-27(19)15-18-8-6-5-7-9-18/h5-9,12-13H,4,10-11,14-15H2,1-3H3,(H2,22,24,25). The van der Waals surface area contributed by atoms with Gasteiger partial charge < -0.3 is 15.2 Å². The highest BCUT2D eigenvalue weighted by molar-refractivity contribution is 7.11. The van der Waals surface area contributed by atoms with Crippen LogP contribution >= 0.6 is 11.3 Å². The molecule has 0 amide bonds. The second kappa shape index (κ2) is 10.0. The Morgan fingerprint density at radius 2 is 2.00 bits per heavy atom. The molecule has 0 unspecified atom stereocenters. The minimum absolute atomic E-state index is 0.595. The van der Waals surface area contributed by atoms with E-state index in [0.717, 1.165) is 48.5 Å². The molecule has 0 spiro atoms. The predicted octanol–water partition coefficient (Wildman–Crippen LogP) is 3.30. The van der Waals surface area contributed by atoms with E-state index in [1.165, 1.54) is 10.4 Å². The lowest BCUT2D eigenvalue weighted by Crippen LogP contribution is -2.38. The number of hydrogen-bond acceptors (Lipinski definition) is 4. The Kier molecular flexibility index (Phi) is 7.19. The molecule has 0 saturated heterocycles. The largest absolute Gasteiger partial charge is 0.357 e. The van der Waals surface area contributed by atoms with Crippen LogP contribution in [0.25, 0.3) is 0 Å². The summed E-state index contributed by atoms with van der Waals surface area (Å²) >= 11 is 1.71. The van der Waals surface area contributed by atoms with E-state index in [-0.39, 0.29) is 0 Å². The number of benzene rings is 1. The fourth-order valence-electron chi connectivity index (χ4n) is 2.88. The summed E-state index contributed by atoms with van der Waals surface area (Å²) in [7, 11) is 0. The van der Waals surface area contributed by atoms with Crippen molar-refractivity contribution in [3.63, 3.8) is 0 Å².